The Balaban J connectivity index is 1.76. The second-order valence-electron chi connectivity index (χ2n) is 5.65. The Hall–Kier alpha value is -2.87. The van der Waals surface area contributed by atoms with E-state index in [0.717, 1.165) is 12.1 Å². The molecule has 1 heterocycles. The van der Waals surface area contributed by atoms with Gasteiger partial charge in [-0.05, 0) is 25.1 Å². The number of nitrogens with zero attached hydrogens (tertiary/aromatic N) is 1. The van der Waals surface area contributed by atoms with Gasteiger partial charge in [0.05, 0.1) is 17.1 Å². The van der Waals surface area contributed by atoms with Gasteiger partial charge in [0, 0.05) is 23.8 Å². The number of nitro benzene ring substituents is 1. The van der Waals surface area contributed by atoms with E-state index in [9.17, 15) is 23.7 Å². The highest BCUT2D eigenvalue weighted by Gasteiger charge is 2.55. The van der Waals surface area contributed by atoms with Crippen LogP contribution in [-0.4, -0.2) is 23.6 Å². The van der Waals surface area contributed by atoms with Crippen molar-refractivity contribution in [3.63, 3.8) is 0 Å². The summed E-state index contributed by atoms with van der Waals surface area (Å²) >= 11 is 0. The Kier molecular flexibility index (Phi) is 4.22. The maximum atomic E-state index is 14.0. The molecule has 25 heavy (non-hydrogen) atoms. The van der Waals surface area contributed by atoms with E-state index >= 15 is 0 Å². The highest BCUT2D eigenvalue weighted by molar-refractivity contribution is 5.89. The topological polar surface area (TPSA) is 82.0 Å². The van der Waals surface area contributed by atoms with Crippen LogP contribution in [0.15, 0.2) is 42.5 Å². The van der Waals surface area contributed by atoms with Gasteiger partial charge in [-0.2, -0.15) is 0 Å². The minimum Gasteiger partial charge on any atom is -0.456 e. The van der Waals surface area contributed by atoms with Crippen molar-refractivity contribution in [2.75, 3.05) is 6.61 Å². The number of rotatable bonds is 5. The fourth-order valence-corrected chi connectivity index (χ4v) is 2.56. The minimum atomic E-state index is -1.16. The maximum absolute atomic E-state index is 14.0. The molecule has 0 N–H and O–H groups in total. The monoisotopic (exact) mass is 349 g/mol. The van der Waals surface area contributed by atoms with Crippen molar-refractivity contribution in [2.45, 2.75) is 18.6 Å². The molecule has 0 saturated carbocycles. The van der Waals surface area contributed by atoms with E-state index in [1.54, 1.807) is 6.92 Å². The highest BCUT2D eigenvalue weighted by atomic mass is 19.1. The predicted octanol–water partition coefficient (Wildman–Crippen LogP) is 3.34. The number of halogens is 2. The molecule has 0 unspecified atom stereocenters. The van der Waals surface area contributed by atoms with Crippen LogP contribution >= 0.6 is 0 Å². The first kappa shape index (κ1) is 17.0. The molecule has 3 rings (SSSR count). The SMILES string of the molecule is C[C@H](OC(=O)c1ccc([N+](=O)[O-])cc1)[C@]1(c2ccc(F)cc2F)CO1. The van der Waals surface area contributed by atoms with Crippen LogP contribution in [-0.2, 0) is 15.1 Å². The molecule has 0 aliphatic carbocycles. The average Bonchev–Trinajstić information content (AvgIpc) is 3.36. The summed E-state index contributed by atoms with van der Waals surface area (Å²) in [5, 5.41) is 10.6. The first-order chi connectivity index (χ1) is 11.8. The van der Waals surface area contributed by atoms with Crippen LogP contribution in [0, 0.1) is 21.7 Å². The number of epoxide rings is 1. The summed E-state index contributed by atoms with van der Waals surface area (Å²) in [4.78, 5) is 22.2. The van der Waals surface area contributed by atoms with E-state index in [4.69, 9.17) is 9.47 Å². The van der Waals surface area contributed by atoms with Crippen molar-refractivity contribution in [3.8, 4) is 0 Å². The van der Waals surface area contributed by atoms with Crippen LogP contribution in [0.5, 0.6) is 0 Å². The molecule has 0 radical (unpaired) electrons. The first-order valence-electron chi connectivity index (χ1n) is 7.38. The van der Waals surface area contributed by atoms with Crippen LogP contribution in [0.4, 0.5) is 14.5 Å². The number of hydrogen-bond acceptors (Lipinski definition) is 5. The molecule has 2 aromatic rings. The molecule has 2 aromatic carbocycles. The predicted molar refractivity (Wildman–Crippen MR) is 82.0 cm³/mol. The lowest BCUT2D eigenvalue weighted by Gasteiger charge is -2.21. The lowest BCUT2D eigenvalue weighted by Crippen LogP contribution is -2.31. The molecule has 8 heteroatoms. The number of carbonyl (C=O) groups excluding carboxylic acids is 1. The number of non-ortho nitro benzene ring substituents is 1. The van der Waals surface area contributed by atoms with Crippen molar-refractivity contribution in [1.29, 1.82) is 0 Å². The Morgan fingerprint density at radius 2 is 1.92 bits per heavy atom. The van der Waals surface area contributed by atoms with E-state index < -0.39 is 34.2 Å². The number of esters is 1. The largest absolute Gasteiger partial charge is 0.456 e. The average molecular weight is 349 g/mol. The molecule has 1 aliphatic rings. The molecule has 2 atom stereocenters. The van der Waals surface area contributed by atoms with Crippen LogP contribution in [0.2, 0.25) is 0 Å². The van der Waals surface area contributed by atoms with Gasteiger partial charge in [0.15, 0.2) is 5.60 Å². The van der Waals surface area contributed by atoms with Gasteiger partial charge in [0.2, 0.25) is 0 Å². The summed E-state index contributed by atoms with van der Waals surface area (Å²) < 4.78 is 37.7. The van der Waals surface area contributed by atoms with Crippen LogP contribution in [0.3, 0.4) is 0 Å². The van der Waals surface area contributed by atoms with E-state index in [2.05, 4.69) is 0 Å². The lowest BCUT2D eigenvalue weighted by molar-refractivity contribution is -0.384. The quantitative estimate of drug-likeness (QED) is 0.358. The summed E-state index contributed by atoms with van der Waals surface area (Å²) in [5.41, 5.74) is -1.08. The second-order valence-corrected chi connectivity index (χ2v) is 5.65. The lowest BCUT2D eigenvalue weighted by atomic mass is 9.94. The summed E-state index contributed by atoms with van der Waals surface area (Å²) in [5.74, 6) is -2.22. The second kappa shape index (κ2) is 6.21. The fourth-order valence-electron chi connectivity index (χ4n) is 2.56. The van der Waals surface area contributed by atoms with Gasteiger partial charge < -0.3 is 9.47 Å². The van der Waals surface area contributed by atoms with Gasteiger partial charge in [-0.1, -0.05) is 6.07 Å². The summed E-state index contributed by atoms with van der Waals surface area (Å²) in [6.07, 6.45) is -0.838. The maximum Gasteiger partial charge on any atom is 0.338 e. The Bertz CT molecular complexity index is 833. The van der Waals surface area contributed by atoms with Crippen LogP contribution in [0.1, 0.15) is 22.8 Å². The van der Waals surface area contributed by atoms with Crippen LogP contribution in [0.25, 0.3) is 0 Å². The van der Waals surface area contributed by atoms with Gasteiger partial charge in [-0.25, -0.2) is 13.6 Å². The molecule has 1 aliphatic heterocycles. The van der Waals surface area contributed by atoms with E-state index in [0.29, 0.717) is 0 Å². The zero-order valence-corrected chi connectivity index (χ0v) is 13.1. The van der Waals surface area contributed by atoms with Gasteiger partial charge in [-0.3, -0.25) is 10.1 Å². The molecule has 130 valence electrons. The zero-order valence-electron chi connectivity index (χ0n) is 13.1. The number of hydrogen-bond donors (Lipinski definition) is 0. The van der Waals surface area contributed by atoms with E-state index in [-0.39, 0.29) is 23.4 Å². The first-order valence-corrected chi connectivity index (χ1v) is 7.38. The van der Waals surface area contributed by atoms with Gasteiger partial charge >= 0.3 is 5.97 Å². The third kappa shape index (κ3) is 3.20. The Labute approximate surface area is 141 Å². The van der Waals surface area contributed by atoms with E-state index in [1.807, 2.05) is 0 Å². The summed E-state index contributed by atoms with van der Waals surface area (Å²) in [6.45, 7) is 1.67. The molecule has 0 spiro atoms. The van der Waals surface area contributed by atoms with Crippen LogP contribution < -0.4 is 0 Å². The minimum absolute atomic E-state index is 0.109. The van der Waals surface area contributed by atoms with Crippen molar-refractivity contribution >= 4 is 11.7 Å². The molecule has 0 aromatic heterocycles. The zero-order chi connectivity index (χ0) is 18.2. The summed E-state index contributed by atoms with van der Waals surface area (Å²) in [7, 11) is 0. The standard InChI is InChI=1S/C17H13F2NO5/c1-10(17(9-24-17)14-7-4-12(18)8-15(14)19)25-16(21)11-2-5-13(6-3-11)20(22)23/h2-8,10H,9H2,1H3/t10-,17-/m0/s1. The fraction of sp³-hybridized carbons (Fsp3) is 0.235. The molecule has 1 fully saturated rings. The van der Waals surface area contributed by atoms with Crippen molar-refractivity contribution in [2.24, 2.45) is 0 Å². The normalized spacial score (nSPS) is 20.0. The summed E-state index contributed by atoms with van der Waals surface area (Å²) in [6, 6.07) is 8.01. The number of ether oxygens (including phenoxy) is 2. The Morgan fingerprint density at radius 1 is 1.28 bits per heavy atom. The molecular formula is C17H13F2NO5. The molecule has 1 saturated heterocycles. The van der Waals surface area contributed by atoms with Gasteiger partial charge in [0.25, 0.3) is 5.69 Å². The van der Waals surface area contributed by atoms with Crippen molar-refractivity contribution in [1.82, 2.24) is 0 Å². The molecule has 0 bridgehead atoms. The third-order valence-corrected chi connectivity index (χ3v) is 4.10. The van der Waals surface area contributed by atoms with E-state index in [1.165, 1.54) is 30.3 Å². The highest BCUT2D eigenvalue weighted by Crippen LogP contribution is 2.44. The smallest absolute Gasteiger partial charge is 0.338 e. The molecule has 0 amide bonds. The Morgan fingerprint density at radius 3 is 2.44 bits per heavy atom. The van der Waals surface area contributed by atoms with Gasteiger partial charge in [0.1, 0.15) is 17.7 Å². The van der Waals surface area contributed by atoms with Crippen molar-refractivity contribution < 1.29 is 28.0 Å². The van der Waals surface area contributed by atoms with Gasteiger partial charge in [-0.15, -0.1) is 0 Å². The third-order valence-electron chi connectivity index (χ3n) is 4.10. The number of nitro groups is 1. The molecular weight excluding hydrogens is 336 g/mol. The number of carbonyl (C=O) groups is 1. The number of benzene rings is 2. The van der Waals surface area contributed by atoms with Crippen molar-refractivity contribution in [3.05, 3.63) is 75.3 Å². The molecule has 6 nitrogen and oxygen atoms in total.